The number of rotatable bonds is 5. The molecule has 2 aliphatic rings. The van der Waals surface area contributed by atoms with Crippen molar-refractivity contribution in [2.45, 2.75) is 45.6 Å². The van der Waals surface area contributed by atoms with E-state index in [1.54, 1.807) is 0 Å². The lowest BCUT2D eigenvalue weighted by molar-refractivity contribution is 0.171. The third-order valence-electron chi connectivity index (χ3n) is 4.75. The molecule has 0 spiro atoms. The fourth-order valence-electron chi connectivity index (χ4n) is 3.42. The number of piperidine rings is 1. The van der Waals surface area contributed by atoms with Gasteiger partial charge >= 0.3 is 0 Å². The molecule has 0 unspecified atom stereocenters. The van der Waals surface area contributed by atoms with E-state index in [1.165, 1.54) is 61.3 Å². The maximum absolute atomic E-state index is 4.52. The van der Waals surface area contributed by atoms with Crippen molar-refractivity contribution in [3.05, 3.63) is 34.3 Å². The molecule has 2 aliphatic heterocycles. The van der Waals surface area contributed by atoms with Gasteiger partial charge in [-0.05, 0) is 48.7 Å². The Bertz CT molecular complexity index is 553. The van der Waals surface area contributed by atoms with Crippen LogP contribution in [0.25, 0.3) is 6.08 Å². The van der Waals surface area contributed by atoms with Gasteiger partial charge in [0.2, 0.25) is 0 Å². The lowest BCUT2D eigenvalue weighted by atomic mass is 9.91. The van der Waals surface area contributed by atoms with Crippen LogP contribution < -0.4 is 10.6 Å². The van der Waals surface area contributed by atoms with Crippen LogP contribution in [0.3, 0.4) is 0 Å². The van der Waals surface area contributed by atoms with E-state index in [-0.39, 0.29) is 0 Å². The molecule has 3 rings (SSSR count). The second-order valence-electron chi connectivity index (χ2n) is 6.30. The maximum atomic E-state index is 4.52. The number of nitrogens with zero attached hydrogens (tertiary/aromatic N) is 2. The molecule has 108 valence electrons. The lowest BCUT2D eigenvalue weighted by Crippen LogP contribution is -2.34. The summed E-state index contributed by atoms with van der Waals surface area (Å²) in [6.45, 7) is 6.81. The van der Waals surface area contributed by atoms with Gasteiger partial charge in [-0.1, -0.05) is 44.4 Å². The normalized spacial score (nSPS) is 19.4. The van der Waals surface area contributed by atoms with Crippen LogP contribution in [0.2, 0.25) is 0 Å². The van der Waals surface area contributed by atoms with E-state index in [0.717, 1.165) is 19.0 Å². The molecule has 2 heteroatoms. The minimum Gasteiger partial charge on any atom is -0.299 e. The Morgan fingerprint density at radius 3 is 2.90 bits per heavy atom. The third kappa shape index (κ3) is 3.29. The molecule has 0 bridgehead atoms. The summed E-state index contributed by atoms with van der Waals surface area (Å²) in [5.74, 6) is 0.982. The van der Waals surface area contributed by atoms with Gasteiger partial charge in [-0.25, -0.2) is 0 Å². The van der Waals surface area contributed by atoms with E-state index in [1.807, 2.05) is 0 Å². The van der Waals surface area contributed by atoms with E-state index >= 15 is 0 Å². The van der Waals surface area contributed by atoms with Gasteiger partial charge in [-0.15, -0.1) is 0 Å². The van der Waals surface area contributed by atoms with Crippen molar-refractivity contribution in [2.24, 2.45) is 10.9 Å². The molecule has 1 saturated heterocycles. The summed E-state index contributed by atoms with van der Waals surface area (Å²) in [5.41, 5.74) is 1.43. The van der Waals surface area contributed by atoms with E-state index in [4.69, 9.17) is 0 Å². The van der Waals surface area contributed by atoms with Crippen molar-refractivity contribution in [2.75, 3.05) is 19.6 Å². The molecule has 0 amide bonds. The second-order valence-corrected chi connectivity index (χ2v) is 6.30. The Morgan fingerprint density at radius 1 is 1.25 bits per heavy atom. The zero-order valence-corrected chi connectivity index (χ0v) is 12.6. The van der Waals surface area contributed by atoms with Crippen molar-refractivity contribution >= 4 is 6.08 Å². The fourth-order valence-corrected chi connectivity index (χ4v) is 3.42. The van der Waals surface area contributed by atoms with Crippen molar-refractivity contribution in [3.8, 4) is 0 Å². The zero-order valence-electron chi connectivity index (χ0n) is 12.6. The number of hydrogen-bond acceptors (Lipinski definition) is 2. The Balaban J connectivity index is 1.54. The predicted octanol–water partition coefficient (Wildman–Crippen LogP) is 2.50. The average molecular weight is 270 g/mol. The molecule has 1 aromatic rings. The summed E-state index contributed by atoms with van der Waals surface area (Å²) in [6.07, 6.45) is 9.19. The largest absolute Gasteiger partial charge is 0.299 e. The Hall–Kier alpha value is -1.15. The van der Waals surface area contributed by atoms with Crippen LogP contribution in [0.1, 0.15) is 44.6 Å². The number of benzene rings is 1. The molecule has 0 atom stereocenters. The molecular formula is C18H26N2. The van der Waals surface area contributed by atoms with Crippen LogP contribution in [0.5, 0.6) is 0 Å². The number of likely N-dealkylation sites (tertiary alicyclic amines) is 1. The van der Waals surface area contributed by atoms with Gasteiger partial charge in [0.15, 0.2) is 0 Å². The molecule has 0 aromatic heterocycles. The summed E-state index contributed by atoms with van der Waals surface area (Å²) < 4.78 is 0. The van der Waals surface area contributed by atoms with Gasteiger partial charge in [-0.3, -0.25) is 9.89 Å². The molecule has 0 N–H and O–H groups in total. The summed E-state index contributed by atoms with van der Waals surface area (Å²) >= 11 is 0. The van der Waals surface area contributed by atoms with E-state index in [2.05, 4.69) is 41.1 Å². The van der Waals surface area contributed by atoms with E-state index < -0.39 is 0 Å². The Kier molecular flexibility index (Phi) is 4.51. The average Bonchev–Trinajstić information content (AvgIpc) is 2.94. The third-order valence-corrected chi connectivity index (χ3v) is 4.75. The van der Waals surface area contributed by atoms with E-state index in [0.29, 0.717) is 0 Å². The summed E-state index contributed by atoms with van der Waals surface area (Å²) in [7, 11) is 0. The van der Waals surface area contributed by atoms with Gasteiger partial charge in [-0.2, -0.15) is 0 Å². The highest BCUT2D eigenvalue weighted by Crippen LogP contribution is 2.23. The highest BCUT2D eigenvalue weighted by molar-refractivity contribution is 5.31. The van der Waals surface area contributed by atoms with Gasteiger partial charge in [0.1, 0.15) is 0 Å². The zero-order chi connectivity index (χ0) is 13.8. The van der Waals surface area contributed by atoms with Gasteiger partial charge in [0, 0.05) is 6.54 Å². The molecule has 1 aromatic carbocycles. The van der Waals surface area contributed by atoms with Crippen molar-refractivity contribution in [1.29, 1.82) is 0 Å². The standard InChI is InChI=1S/C18H26N2/c1-2-3-4-15-8-11-20(12-9-15)14-16-5-6-17-7-10-19-18(17)13-16/h5-7,13,15H,2-4,8-12,14H2,1H3. The molecule has 20 heavy (non-hydrogen) atoms. The van der Waals surface area contributed by atoms with Crippen LogP contribution in [0.15, 0.2) is 23.2 Å². The lowest BCUT2D eigenvalue weighted by Gasteiger charge is -2.32. The van der Waals surface area contributed by atoms with Crippen molar-refractivity contribution in [1.82, 2.24) is 4.90 Å². The van der Waals surface area contributed by atoms with Crippen LogP contribution >= 0.6 is 0 Å². The minimum atomic E-state index is 0.863. The first-order valence-electron chi connectivity index (χ1n) is 8.21. The first kappa shape index (κ1) is 13.8. The second kappa shape index (κ2) is 6.53. The van der Waals surface area contributed by atoms with Crippen LogP contribution in [0.4, 0.5) is 0 Å². The smallest absolute Gasteiger partial charge is 0.0651 e. The van der Waals surface area contributed by atoms with Gasteiger partial charge in [0.25, 0.3) is 0 Å². The highest BCUT2D eigenvalue weighted by atomic mass is 15.1. The Labute approximate surface area is 122 Å². The SMILES string of the molecule is CCCCC1CCN(Cc2ccc3c(c2)=NCC=3)CC1. The first-order valence-corrected chi connectivity index (χ1v) is 8.21. The Morgan fingerprint density at radius 2 is 2.10 bits per heavy atom. The first-order chi connectivity index (χ1) is 9.85. The van der Waals surface area contributed by atoms with Gasteiger partial charge < -0.3 is 0 Å². The van der Waals surface area contributed by atoms with Crippen LogP contribution in [-0.2, 0) is 6.54 Å². The molecule has 2 heterocycles. The molecule has 0 aliphatic carbocycles. The van der Waals surface area contributed by atoms with Crippen LogP contribution in [0, 0.1) is 5.92 Å². The highest BCUT2D eigenvalue weighted by Gasteiger charge is 2.18. The molecule has 2 nitrogen and oxygen atoms in total. The maximum Gasteiger partial charge on any atom is 0.0651 e. The molecule has 0 radical (unpaired) electrons. The van der Waals surface area contributed by atoms with Gasteiger partial charge in [0.05, 0.1) is 11.9 Å². The summed E-state index contributed by atoms with van der Waals surface area (Å²) in [6, 6.07) is 6.79. The molecular weight excluding hydrogens is 244 g/mol. The number of unbranched alkanes of at least 4 members (excludes halogenated alkanes) is 1. The summed E-state index contributed by atoms with van der Waals surface area (Å²) in [5, 5.41) is 2.51. The van der Waals surface area contributed by atoms with Crippen molar-refractivity contribution < 1.29 is 0 Å². The van der Waals surface area contributed by atoms with Crippen LogP contribution in [-0.4, -0.2) is 24.5 Å². The quantitative estimate of drug-likeness (QED) is 0.802. The fraction of sp³-hybridized carbons (Fsp3) is 0.611. The van der Waals surface area contributed by atoms with E-state index in [9.17, 15) is 0 Å². The predicted molar refractivity (Wildman–Crippen MR) is 84.1 cm³/mol. The topological polar surface area (TPSA) is 15.6 Å². The minimum absolute atomic E-state index is 0.863. The number of fused-ring (bicyclic) bond motifs is 1. The number of hydrogen-bond donors (Lipinski definition) is 0. The summed E-state index contributed by atoms with van der Waals surface area (Å²) in [4.78, 5) is 7.14. The monoisotopic (exact) mass is 270 g/mol. The van der Waals surface area contributed by atoms with Crippen molar-refractivity contribution in [3.63, 3.8) is 0 Å². The molecule has 0 saturated carbocycles. The molecule has 1 fully saturated rings.